The monoisotopic (exact) mass is 384 g/mol. The Bertz CT molecular complexity index is 847. The smallest absolute Gasteiger partial charge is 0.246 e. The van der Waals surface area contributed by atoms with Crippen molar-refractivity contribution in [3.63, 3.8) is 0 Å². The normalized spacial score (nSPS) is 14.3. The number of nitrogens with zero attached hydrogens (tertiary/aromatic N) is 2. The number of likely N-dealkylation sites (N-methyl/N-ethyl adjacent to an activating group) is 1. The van der Waals surface area contributed by atoms with Crippen LogP contribution < -0.4 is 9.64 Å². The van der Waals surface area contributed by atoms with Gasteiger partial charge in [0.05, 0.1) is 20.3 Å². The molecular formula is C22H25FN2O3. The van der Waals surface area contributed by atoms with Gasteiger partial charge in [0.2, 0.25) is 5.91 Å². The fourth-order valence-corrected chi connectivity index (χ4v) is 3.17. The van der Waals surface area contributed by atoms with Crippen LogP contribution >= 0.6 is 0 Å². The number of methoxy groups -OCH3 is 1. The van der Waals surface area contributed by atoms with Gasteiger partial charge in [0.1, 0.15) is 0 Å². The number of rotatable bonds is 6. The first-order chi connectivity index (χ1) is 13.6. The van der Waals surface area contributed by atoms with Crippen molar-refractivity contribution in [1.29, 1.82) is 0 Å². The number of morpholine rings is 1. The van der Waals surface area contributed by atoms with Crippen molar-refractivity contribution in [3.8, 4) is 5.75 Å². The summed E-state index contributed by atoms with van der Waals surface area (Å²) in [6.45, 7) is 3.61. The minimum absolute atomic E-state index is 0.145. The zero-order valence-electron chi connectivity index (χ0n) is 16.2. The molecule has 0 radical (unpaired) electrons. The predicted octanol–water partition coefficient (Wildman–Crippen LogP) is 3.34. The van der Waals surface area contributed by atoms with E-state index in [1.54, 1.807) is 30.2 Å². The van der Waals surface area contributed by atoms with Crippen LogP contribution in [0.25, 0.3) is 6.08 Å². The number of carbonyl (C=O) groups excluding carboxylic acids is 1. The zero-order valence-corrected chi connectivity index (χ0v) is 16.2. The molecule has 2 aromatic carbocycles. The molecule has 1 aliphatic heterocycles. The number of carbonyl (C=O) groups is 1. The zero-order chi connectivity index (χ0) is 19.9. The molecule has 6 heteroatoms. The van der Waals surface area contributed by atoms with E-state index in [9.17, 15) is 9.18 Å². The minimum atomic E-state index is -0.454. The molecule has 148 valence electrons. The molecule has 1 amide bonds. The van der Waals surface area contributed by atoms with Gasteiger partial charge >= 0.3 is 0 Å². The molecule has 0 aliphatic carbocycles. The second-order valence-corrected chi connectivity index (χ2v) is 6.65. The second-order valence-electron chi connectivity index (χ2n) is 6.65. The highest BCUT2D eigenvalue weighted by molar-refractivity contribution is 5.91. The molecule has 0 spiro atoms. The molecule has 0 aromatic heterocycles. The van der Waals surface area contributed by atoms with Crippen molar-refractivity contribution in [1.82, 2.24) is 4.90 Å². The van der Waals surface area contributed by atoms with Gasteiger partial charge in [-0.3, -0.25) is 4.79 Å². The lowest BCUT2D eigenvalue weighted by molar-refractivity contribution is -0.125. The second kappa shape index (κ2) is 9.37. The number of anilines is 1. The summed E-state index contributed by atoms with van der Waals surface area (Å²) in [5, 5.41) is 0. The minimum Gasteiger partial charge on any atom is -0.494 e. The maximum Gasteiger partial charge on any atom is 0.246 e. The van der Waals surface area contributed by atoms with E-state index in [-0.39, 0.29) is 11.7 Å². The van der Waals surface area contributed by atoms with Gasteiger partial charge in [-0.25, -0.2) is 4.39 Å². The highest BCUT2D eigenvalue weighted by atomic mass is 19.1. The Labute approximate surface area is 165 Å². The Hall–Kier alpha value is -2.86. The molecule has 3 rings (SSSR count). The van der Waals surface area contributed by atoms with Crippen molar-refractivity contribution in [2.45, 2.75) is 6.54 Å². The highest BCUT2D eigenvalue weighted by Gasteiger charge is 2.16. The van der Waals surface area contributed by atoms with Crippen molar-refractivity contribution in [2.24, 2.45) is 0 Å². The Balaban J connectivity index is 1.67. The van der Waals surface area contributed by atoms with Gasteiger partial charge < -0.3 is 19.3 Å². The Morgan fingerprint density at radius 2 is 2.00 bits per heavy atom. The number of halogens is 1. The van der Waals surface area contributed by atoms with Gasteiger partial charge in [0.15, 0.2) is 11.6 Å². The lowest BCUT2D eigenvalue weighted by Crippen LogP contribution is -2.37. The molecule has 0 saturated carbocycles. The van der Waals surface area contributed by atoms with Crippen LogP contribution in [0.3, 0.4) is 0 Å². The summed E-state index contributed by atoms with van der Waals surface area (Å²) in [6.07, 6.45) is 3.06. The van der Waals surface area contributed by atoms with Crippen LogP contribution in [0.4, 0.5) is 10.1 Å². The molecule has 5 nitrogen and oxygen atoms in total. The molecule has 1 fully saturated rings. The molecule has 0 N–H and O–H groups in total. The number of hydrogen-bond donors (Lipinski definition) is 0. The molecule has 28 heavy (non-hydrogen) atoms. The first-order valence-corrected chi connectivity index (χ1v) is 9.26. The number of ether oxygens (including phenoxy) is 2. The third-order valence-corrected chi connectivity index (χ3v) is 4.72. The van der Waals surface area contributed by atoms with E-state index in [4.69, 9.17) is 9.47 Å². The standard InChI is InChI=1S/C22H25FN2O3/c1-24(22(26)10-8-17-7-9-21(27-2)19(23)15-17)16-18-5-3-4-6-20(18)25-11-13-28-14-12-25/h3-10,15H,11-14,16H2,1-2H3/b10-8+. The topological polar surface area (TPSA) is 42.0 Å². The number of amides is 1. The number of hydrogen-bond acceptors (Lipinski definition) is 4. The van der Waals surface area contributed by atoms with Crippen LogP contribution in [0, 0.1) is 5.82 Å². The van der Waals surface area contributed by atoms with Crippen LogP contribution in [-0.2, 0) is 16.1 Å². The van der Waals surface area contributed by atoms with Crippen LogP contribution in [-0.4, -0.2) is 51.3 Å². The van der Waals surface area contributed by atoms with E-state index in [1.807, 2.05) is 18.2 Å². The lowest BCUT2D eigenvalue weighted by atomic mass is 10.1. The van der Waals surface area contributed by atoms with Crippen molar-refractivity contribution in [2.75, 3.05) is 45.4 Å². The lowest BCUT2D eigenvalue weighted by Gasteiger charge is -2.31. The van der Waals surface area contributed by atoms with Gasteiger partial charge in [-0.05, 0) is 35.4 Å². The molecule has 1 saturated heterocycles. The van der Waals surface area contributed by atoms with Gasteiger partial charge in [0.25, 0.3) is 0 Å². The van der Waals surface area contributed by atoms with E-state index in [1.165, 1.54) is 19.3 Å². The summed E-state index contributed by atoms with van der Waals surface area (Å²) in [6, 6.07) is 12.7. The van der Waals surface area contributed by atoms with Gasteiger partial charge in [-0.2, -0.15) is 0 Å². The largest absolute Gasteiger partial charge is 0.494 e. The van der Waals surface area contributed by atoms with Gasteiger partial charge in [-0.1, -0.05) is 24.3 Å². The van der Waals surface area contributed by atoms with Crippen LogP contribution in [0.2, 0.25) is 0 Å². The molecule has 0 unspecified atom stereocenters. The number of para-hydroxylation sites is 1. The van der Waals surface area contributed by atoms with Gasteiger partial charge in [0, 0.05) is 38.4 Å². The Kier molecular flexibility index (Phi) is 6.66. The molecule has 0 atom stereocenters. The Morgan fingerprint density at radius 1 is 1.25 bits per heavy atom. The number of benzene rings is 2. The summed E-state index contributed by atoms with van der Waals surface area (Å²) < 4.78 is 24.1. The fraction of sp³-hybridized carbons (Fsp3) is 0.318. The summed E-state index contributed by atoms with van der Waals surface area (Å²) in [4.78, 5) is 16.4. The van der Waals surface area contributed by atoms with E-state index in [0.717, 1.165) is 24.3 Å². The van der Waals surface area contributed by atoms with Crippen molar-refractivity contribution in [3.05, 3.63) is 65.5 Å². The maximum absolute atomic E-state index is 13.8. The van der Waals surface area contributed by atoms with Crippen LogP contribution in [0.1, 0.15) is 11.1 Å². The summed E-state index contributed by atoms with van der Waals surface area (Å²) >= 11 is 0. The maximum atomic E-state index is 13.8. The van der Waals surface area contributed by atoms with E-state index < -0.39 is 5.82 Å². The third-order valence-electron chi connectivity index (χ3n) is 4.72. The molecule has 2 aromatic rings. The quantitative estimate of drug-likeness (QED) is 0.717. The third kappa shape index (κ3) is 4.89. The predicted molar refractivity (Wildman–Crippen MR) is 108 cm³/mol. The molecular weight excluding hydrogens is 359 g/mol. The average molecular weight is 384 g/mol. The molecule has 1 aliphatic rings. The van der Waals surface area contributed by atoms with Crippen LogP contribution in [0.5, 0.6) is 5.75 Å². The first kappa shape index (κ1) is 19.9. The van der Waals surface area contributed by atoms with E-state index in [2.05, 4.69) is 11.0 Å². The fourth-order valence-electron chi connectivity index (χ4n) is 3.17. The highest BCUT2D eigenvalue weighted by Crippen LogP contribution is 2.23. The van der Waals surface area contributed by atoms with Gasteiger partial charge in [-0.15, -0.1) is 0 Å². The molecule has 0 bridgehead atoms. The van der Waals surface area contributed by atoms with Crippen molar-refractivity contribution < 1.29 is 18.7 Å². The summed E-state index contributed by atoms with van der Waals surface area (Å²) in [5.41, 5.74) is 2.82. The van der Waals surface area contributed by atoms with Crippen molar-refractivity contribution >= 4 is 17.7 Å². The SMILES string of the molecule is COc1ccc(/C=C/C(=O)N(C)Cc2ccccc2N2CCOCC2)cc1F. The van der Waals surface area contributed by atoms with Crippen LogP contribution in [0.15, 0.2) is 48.5 Å². The van der Waals surface area contributed by atoms with E-state index >= 15 is 0 Å². The average Bonchev–Trinajstić information content (AvgIpc) is 2.73. The summed E-state index contributed by atoms with van der Waals surface area (Å²) in [5.74, 6) is -0.418. The molecule has 1 heterocycles. The first-order valence-electron chi connectivity index (χ1n) is 9.26. The van der Waals surface area contributed by atoms with E-state index in [0.29, 0.717) is 25.3 Å². The Morgan fingerprint density at radius 3 is 2.71 bits per heavy atom. The summed E-state index contributed by atoms with van der Waals surface area (Å²) in [7, 11) is 3.18.